The molecule has 4 heteroatoms. The molecular weight excluding hydrogens is 207 g/mol. The molecule has 0 bridgehead atoms. The van der Waals surface area contributed by atoms with Gasteiger partial charge >= 0.3 is 0 Å². The minimum Gasteiger partial charge on any atom is -0.508 e. The van der Waals surface area contributed by atoms with Crippen LogP contribution in [-0.4, -0.2) is 14.7 Å². The number of aryl methyl sites for hydroxylation is 1. The van der Waals surface area contributed by atoms with Gasteiger partial charge in [0.25, 0.3) is 0 Å². The molecule has 16 heavy (non-hydrogen) atoms. The second kappa shape index (κ2) is 4.35. The summed E-state index contributed by atoms with van der Waals surface area (Å²) in [5.74, 6) is 0.581. The van der Waals surface area contributed by atoms with Gasteiger partial charge in [-0.05, 0) is 25.1 Å². The number of halogens is 1. The lowest BCUT2D eigenvalue weighted by Gasteiger charge is -2.06. The van der Waals surface area contributed by atoms with Crippen molar-refractivity contribution < 1.29 is 9.50 Å². The third-order valence-corrected chi connectivity index (χ3v) is 2.53. The third-order valence-electron chi connectivity index (χ3n) is 2.53. The quantitative estimate of drug-likeness (QED) is 0.862. The van der Waals surface area contributed by atoms with Gasteiger partial charge in [-0.25, -0.2) is 9.37 Å². The Kier molecular flexibility index (Phi) is 2.90. The summed E-state index contributed by atoms with van der Waals surface area (Å²) < 4.78 is 15.0. The molecule has 2 aromatic rings. The number of hydrogen-bond acceptors (Lipinski definition) is 2. The van der Waals surface area contributed by atoms with E-state index in [4.69, 9.17) is 0 Å². The minimum absolute atomic E-state index is 0.104. The van der Waals surface area contributed by atoms with Crippen molar-refractivity contribution in [2.24, 2.45) is 0 Å². The Morgan fingerprint density at radius 2 is 2.25 bits per heavy atom. The van der Waals surface area contributed by atoms with E-state index in [0.29, 0.717) is 12.0 Å². The summed E-state index contributed by atoms with van der Waals surface area (Å²) in [4.78, 5) is 4.18. The summed E-state index contributed by atoms with van der Waals surface area (Å²) in [5, 5.41) is 9.59. The van der Waals surface area contributed by atoms with E-state index >= 15 is 0 Å². The molecule has 1 aromatic heterocycles. The molecule has 0 saturated carbocycles. The number of phenols is 1. The van der Waals surface area contributed by atoms with Crippen molar-refractivity contribution in [1.29, 1.82) is 0 Å². The van der Waals surface area contributed by atoms with E-state index in [2.05, 4.69) is 4.98 Å². The van der Waals surface area contributed by atoms with E-state index in [1.165, 1.54) is 18.2 Å². The lowest BCUT2D eigenvalue weighted by Crippen LogP contribution is -2.02. The van der Waals surface area contributed by atoms with Gasteiger partial charge in [0, 0.05) is 30.9 Å². The highest BCUT2D eigenvalue weighted by Crippen LogP contribution is 2.20. The van der Waals surface area contributed by atoms with Crippen LogP contribution in [0.2, 0.25) is 0 Å². The van der Waals surface area contributed by atoms with Crippen molar-refractivity contribution >= 4 is 0 Å². The van der Waals surface area contributed by atoms with E-state index < -0.39 is 0 Å². The average Bonchev–Trinajstić information content (AvgIpc) is 2.71. The first-order chi connectivity index (χ1) is 7.70. The van der Waals surface area contributed by atoms with E-state index in [1.54, 1.807) is 6.20 Å². The van der Waals surface area contributed by atoms with Crippen molar-refractivity contribution in [3.63, 3.8) is 0 Å². The summed E-state index contributed by atoms with van der Waals surface area (Å²) in [6.07, 6.45) is 4.01. The molecule has 0 radical (unpaired) electrons. The number of benzene rings is 1. The van der Waals surface area contributed by atoms with E-state index in [0.717, 1.165) is 12.4 Å². The molecule has 0 amide bonds. The van der Waals surface area contributed by atoms with Crippen LogP contribution in [0.25, 0.3) is 0 Å². The van der Waals surface area contributed by atoms with Gasteiger partial charge in [0.2, 0.25) is 0 Å². The molecule has 1 aromatic carbocycles. The number of hydrogen-bond donors (Lipinski definition) is 1. The Morgan fingerprint density at radius 1 is 1.44 bits per heavy atom. The normalized spacial score (nSPS) is 10.6. The van der Waals surface area contributed by atoms with Gasteiger partial charge in [0.1, 0.15) is 17.4 Å². The average molecular weight is 220 g/mol. The Hall–Kier alpha value is -1.84. The zero-order valence-electron chi connectivity index (χ0n) is 9.02. The maximum absolute atomic E-state index is 13.0. The highest BCUT2D eigenvalue weighted by Gasteiger charge is 2.07. The zero-order valence-corrected chi connectivity index (χ0v) is 9.02. The Bertz CT molecular complexity index is 494. The molecule has 0 aliphatic rings. The number of aromatic nitrogens is 2. The van der Waals surface area contributed by atoms with Gasteiger partial charge in [-0.1, -0.05) is 0 Å². The van der Waals surface area contributed by atoms with Crippen LogP contribution in [0.5, 0.6) is 5.75 Å². The summed E-state index contributed by atoms with van der Waals surface area (Å²) in [6.45, 7) is 2.82. The first-order valence-electron chi connectivity index (χ1n) is 5.18. The third kappa shape index (κ3) is 2.05. The van der Waals surface area contributed by atoms with Gasteiger partial charge in [-0.2, -0.15) is 0 Å². The highest BCUT2D eigenvalue weighted by molar-refractivity contribution is 5.34. The second-order valence-corrected chi connectivity index (χ2v) is 3.58. The topological polar surface area (TPSA) is 38.0 Å². The molecule has 1 heterocycles. The molecule has 2 rings (SSSR count). The number of phenolic OH excluding ortho intramolecular Hbond substituents is 1. The molecule has 0 aliphatic heterocycles. The van der Waals surface area contributed by atoms with Gasteiger partial charge in [0.15, 0.2) is 0 Å². The van der Waals surface area contributed by atoms with Crippen LogP contribution in [0.3, 0.4) is 0 Å². The number of nitrogens with zero attached hydrogens (tertiary/aromatic N) is 2. The zero-order chi connectivity index (χ0) is 11.5. The SMILES string of the molecule is CCn1ccnc1Cc1cc(F)ccc1O. The highest BCUT2D eigenvalue weighted by atomic mass is 19.1. The summed E-state index contributed by atoms with van der Waals surface area (Å²) >= 11 is 0. The molecule has 84 valence electrons. The van der Waals surface area contributed by atoms with E-state index in [1.807, 2.05) is 17.7 Å². The van der Waals surface area contributed by atoms with Gasteiger partial charge in [-0.3, -0.25) is 0 Å². The molecule has 1 N–H and O–H groups in total. The molecular formula is C12H13FN2O. The lowest BCUT2D eigenvalue weighted by atomic mass is 10.1. The molecule has 0 aliphatic carbocycles. The molecule has 0 saturated heterocycles. The van der Waals surface area contributed by atoms with Crippen LogP contribution in [-0.2, 0) is 13.0 Å². The number of imidazole rings is 1. The maximum atomic E-state index is 13.0. The first kappa shape index (κ1) is 10.7. The van der Waals surface area contributed by atoms with E-state index in [9.17, 15) is 9.50 Å². The summed E-state index contributed by atoms with van der Waals surface area (Å²) in [6, 6.07) is 3.94. The second-order valence-electron chi connectivity index (χ2n) is 3.58. The summed E-state index contributed by atoms with van der Waals surface area (Å²) in [7, 11) is 0. The standard InChI is InChI=1S/C12H13FN2O/c1-2-15-6-5-14-12(15)8-9-7-10(13)3-4-11(9)16/h3-7,16H,2,8H2,1H3. The predicted molar refractivity (Wildman–Crippen MR) is 58.8 cm³/mol. The van der Waals surface area contributed by atoms with Crippen molar-refractivity contribution in [1.82, 2.24) is 9.55 Å². The predicted octanol–water partition coefficient (Wildman–Crippen LogP) is 2.34. The Morgan fingerprint density at radius 3 is 3.00 bits per heavy atom. The smallest absolute Gasteiger partial charge is 0.123 e. The minimum atomic E-state index is -0.345. The van der Waals surface area contributed by atoms with Gasteiger partial charge in [-0.15, -0.1) is 0 Å². The lowest BCUT2D eigenvalue weighted by molar-refractivity contribution is 0.466. The van der Waals surface area contributed by atoms with Crippen molar-refractivity contribution in [3.8, 4) is 5.75 Å². The fourth-order valence-electron chi connectivity index (χ4n) is 1.66. The largest absolute Gasteiger partial charge is 0.508 e. The molecule has 0 spiro atoms. The molecule has 3 nitrogen and oxygen atoms in total. The Labute approximate surface area is 93.2 Å². The van der Waals surface area contributed by atoms with Crippen molar-refractivity contribution in [3.05, 3.63) is 47.8 Å². The van der Waals surface area contributed by atoms with Crippen LogP contribution in [0, 0.1) is 5.82 Å². The fourth-order valence-corrected chi connectivity index (χ4v) is 1.66. The molecule has 0 unspecified atom stereocenters. The van der Waals surface area contributed by atoms with Crippen LogP contribution in [0.4, 0.5) is 4.39 Å². The molecule has 0 atom stereocenters. The van der Waals surface area contributed by atoms with Crippen molar-refractivity contribution in [2.45, 2.75) is 19.9 Å². The Balaban J connectivity index is 2.30. The fraction of sp³-hybridized carbons (Fsp3) is 0.250. The first-order valence-corrected chi connectivity index (χ1v) is 5.18. The van der Waals surface area contributed by atoms with E-state index in [-0.39, 0.29) is 11.6 Å². The number of rotatable bonds is 3. The van der Waals surface area contributed by atoms with Crippen LogP contribution in [0.15, 0.2) is 30.6 Å². The maximum Gasteiger partial charge on any atom is 0.123 e. The molecule has 0 fully saturated rings. The van der Waals surface area contributed by atoms with Gasteiger partial charge < -0.3 is 9.67 Å². The number of aromatic hydroxyl groups is 1. The monoisotopic (exact) mass is 220 g/mol. The van der Waals surface area contributed by atoms with Crippen LogP contribution in [0.1, 0.15) is 18.3 Å². The van der Waals surface area contributed by atoms with Crippen LogP contribution >= 0.6 is 0 Å². The summed E-state index contributed by atoms with van der Waals surface area (Å²) in [5.41, 5.74) is 0.556. The van der Waals surface area contributed by atoms with Crippen LogP contribution < -0.4 is 0 Å². The van der Waals surface area contributed by atoms with Gasteiger partial charge in [0.05, 0.1) is 0 Å². The van der Waals surface area contributed by atoms with Crippen molar-refractivity contribution in [2.75, 3.05) is 0 Å².